The third-order valence-corrected chi connectivity index (χ3v) is 8.58. The molecule has 3 heterocycles. The standard InChI is InChI=1S/C20H27N3O2S2/c1-2-17-4-6-18(7-5-17)27(24,25)23-12-9-20(16-23)8-3-11-22(15-20)14-19-21-10-13-26-19/h4-7,10,13H,2-3,8-9,11-12,14-16H2,1H3/t20-/m1/s1. The topological polar surface area (TPSA) is 53.5 Å². The summed E-state index contributed by atoms with van der Waals surface area (Å²) >= 11 is 1.69. The number of nitrogens with zero attached hydrogens (tertiary/aromatic N) is 3. The van der Waals surface area contributed by atoms with Gasteiger partial charge >= 0.3 is 0 Å². The average Bonchev–Trinajstić information content (AvgIpc) is 3.33. The number of rotatable bonds is 5. The molecule has 1 aromatic heterocycles. The molecule has 0 unspecified atom stereocenters. The van der Waals surface area contributed by atoms with Crippen molar-refractivity contribution in [1.29, 1.82) is 0 Å². The number of piperidine rings is 1. The summed E-state index contributed by atoms with van der Waals surface area (Å²) in [4.78, 5) is 7.28. The molecule has 0 amide bonds. The van der Waals surface area contributed by atoms with Gasteiger partial charge in [0.05, 0.1) is 11.4 Å². The van der Waals surface area contributed by atoms with Crippen LogP contribution in [-0.4, -0.2) is 48.8 Å². The summed E-state index contributed by atoms with van der Waals surface area (Å²) in [6.45, 7) is 6.26. The molecular weight excluding hydrogens is 378 g/mol. The van der Waals surface area contributed by atoms with Gasteiger partial charge in [0.15, 0.2) is 0 Å². The van der Waals surface area contributed by atoms with Gasteiger partial charge in [0.2, 0.25) is 10.0 Å². The predicted octanol–water partition coefficient (Wildman–Crippen LogP) is 3.38. The van der Waals surface area contributed by atoms with Crippen LogP contribution in [0.5, 0.6) is 0 Å². The molecule has 5 nitrogen and oxygen atoms in total. The van der Waals surface area contributed by atoms with E-state index in [0.717, 1.165) is 55.9 Å². The molecule has 0 aliphatic carbocycles. The van der Waals surface area contributed by atoms with Crippen LogP contribution in [0.4, 0.5) is 0 Å². The highest BCUT2D eigenvalue weighted by molar-refractivity contribution is 7.89. The van der Waals surface area contributed by atoms with E-state index in [4.69, 9.17) is 0 Å². The van der Waals surface area contributed by atoms with Gasteiger partial charge in [0, 0.05) is 31.2 Å². The van der Waals surface area contributed by atoms with Crippen molar-refractivity contribution in [1.82, 2.24) is 14.2 Å². The van der Waals surface area contributed by atoms with E-state index in [1.807, 2.05) is 23.7 Å². The van der Waals surface area contributed by atoms with Gasteiger partial charge in [0.25, 0.3) is 0 Å². The number of hydrogen-bond acceptors (Lipinski definition) is 5. The Labute approximate surface area is 166 Å². The Bertz CT molecular complexity index is 865. The molecular formula is C20H27N3O2S2. The molecule has 0 radical (unpaired) electrons. The summed E-state index contributed by atoms with van der Waals surface area (Å²) in [5.41, 5.74) is 1.25. The lowest BCUT2D eigenvalue weighted by Crippen LogP contribution is -2.44. The third kappa shape index (κ3) is 3.97. The van der Waals surface area contributed by atoms with Gasteiger partial charge in [-0.3, -0.25) is 4.90 Å². The molecule has 2 aromatic rings. The molecule has 4 rings (SSSR count). The first kappa shape index (κ1) is 19.1. The smallest absolute Gasteiger partial charge is 0.243 e. The number of hydrogen-bond donors (Lipinski definition) is 0. The van der Waals surface area contributed by atoms with Crippen molar-refractivity contribution in [3.05, 3.63) is 46.4 Å². The van der Waals surface area contributed by atoms with Crippen LogP contribution in [-0.2, 0) is 23.0 Å². The highest BCUT2D eigenvalue weighted by Gasteiger charge is 2.45. The maximum absolute atomic E-state index is 13.1. The van der Waals surface area contributed by atoms with Crippen LogP contribution in [0.3, 0.4) is 0 Å². The summed E-state index contributed by atoms with van der Waals surface area (Å²) in [5, 5.41) is 3.16. The largest absolute Gasteiger partial charge is 0.296 e. The van der Waals surface area contributed by atoms with Crippen molar-refractivity contribution in [2.45, 2.75) is 44.0 Å². The summed E-state index contributed by atoms with van der Waals surface area (Å²) in [6, 6.07) is 7.37. The minimum Gasteiger partial charge on any atom is -0.296 e. The van der Waals surface area contributed by atoms with Crippen molar-refractivity contribution in [3.8, 4) is 0 Å². The Morgan fingerprint density at radius 1 is 1.15 bits per heavy atom. The molecule has 1 aromatic carbocycles. The quantitative estimate of drug-likeness (QED) is 0.765. The fraction of sp³-hybridized carbons (Fsp3) is 0.550. The van der Waals surface area contributed by atoms with Gasteiger partial charge in [-0.05, 0) is 55.3 Å². The van der Waals surface area contributed by atoms with E-state index in [1.165, 1.54) is 0 Å². The van der Waals surface area contributed by atoms with E-state index in [1.54, 1.807) is 27.8 Å². The van der Waals surface area contributed by atoms with Gasteiger partial charge in [-0.15, -0.1) is 11.3 Å². The summed E-state index contributed by atoms with van der Waals surface area (Å²) in [7, 11) is -3.40. The Hall–Kier alpha value is -1.28. The molecule has 7 heteroatoms. The van der Waals surface area contributed by atoms with Gasteiger partial charge in [-0.2, -0.15) is 4.31 Å². The summed E-state index contributed by atoms with van der Waals surface area (Å²) < 4.78 is 27.9. The van der Waals surface area contributed by atoms with Crippen molar-refractivity contribution in [2.75, 3.05) is 26.2 Å². The second-order valence-electron chi connectivity index (χ2n) is 7.83. The normalized spacial score (nSPS) is 24.6. The molecule has 2 aliphatic heterocycles. The predicted molar refractivity (Wildman–Crippen MR) is 108 cm³/mol. The van der Waals surface area contributed by atoms with Gasteiger partial charge in [0.1, 0.15) is 5.01 Å². The van der Waals surface area contributed by atoms with Crippen molar-refractivity contribution >= 4 is 21.4 Å². The second-order valence-corrected chi connectivity index (χ2v) is 10.7. The maximum atomic E-state index is 13.1. The SMILES string of the molecule is CCc1ccc(S(=O)(=O)N2CC[C@@]3(CCCN(Cc4nccs4)C3)C2)cc1. The Morgan fingerprint density at radius 3 is 2.67 bits per heavy atom. The van der Waals surface area contributed by atoms with Gasteiger partial charge in [-0.25, -0.2) is 13.4 Å². The zero-order chi connectivity index (χ0) is 18.9. The molecule has 1 atom stereocenters. The highest BCUT2D eigenvalue weighted by atomic mass is 32.2. The van der Waals surface area contributed by atoms with E-state index in [-0.39, 0.29) is 5.41 Å². The van der Waals surface area contributed by atoms with Gasteiger partial charge < -0.3 is 0 Å². The Morgan fingerprint density at radius 2 is 1.96 bits per heavy atom. The lowest BCUT2D eigenvalue weighted by Gasteiger charge is -2.40. The third-order valence-electron chi connectivity index (χ3n) is 5.96. The Balaban J connectivity index is 1.46. The zero-order valence-electron chi connectivity index (χ0n) is 15.8. The summed E-state index contributed by atoms with van der Waals surface area (Å²) in [5.74, 6) is 0. The number of likely N-dealkylation sites (tertiary alicyclic amines) is 1. The highest BCUT2D eigenvalue weighted by Crippen LogP contribution is 2.41. The maximum Gasteiger partial charge on any atom is 0.243 e. The van der Waals surface area contributed by atoms with E-state index < -0.39 is 10.0 Å². The van der Waals surface area contributed by atoms with Crippen LogP contribution in [0.1, 0.15) is 36.8 Å². The molecule has 2 fully saturated rings. The van der Waals surface area contributed by atoms with E-state index in [9.17, 15) is 8.42 Å². The van der Waals surface area contributed by atoms with Crippen LogP contribution in [0, 0.1) is 5.41 Å². The monoisotopic (exact) mass is 405 g/mol. The number of aryl methyl sites for hydroxylation is 1. The molecule has 0 N–H and O–H groups in total. The first-order valence-corrected chi connectivity index (χ1v) is 12.0. The lowest BCUT2D eigenvalue weighted by molar-refractivity contribution is 0.0934. The number of thiazole rings is 1. The first-order chi connectivity index (χ1) is 13.0. The fourth-order valence-electron chi connectivity index (χ4n) is 4.45. The lowest BCUT2D eigenvalue weighted by atomic mass is 9.79. The van der Waals surface area contributed by atoms with Gasteiger partial charge in [-0.1, -0.05) is 19.1 Å². The number of aromatic nitrogens is 1. The number of benzene rings is 1. The molecule has 0 saturated carbocycles. The minimum atomic E-state index is -3.40. The molecule has 146 valence electrons. The molecule has 27 heavy (non-hydrogen) atoms. The van der Waals surface area contributed by atoms with E-state index in [2.05, 4.69) is 16.8 Å². The van der Waals surface area contributed by atoms with E-state index >= 15 is 0 Å². The second kappa shape index (κ2) is 7.62. The van der Waals surface area contributed by atoms with Crippen molar-refractivity contribution < 1.29 is 8.42 Å². The molecule has 0 bridgehead atoms. The van der Waals surface area contributed by atoms with Crippen molar-refractivity contribution in [2.24, 2.45) is 5.41 Å². The van der Waals surface area contributed by atoms with Crippen LogP contribution >= 0.6 is 11.3 Å². The Kier molecular flexibility index (Phi) is 5.38. The van der Waals surface area contributed by atoms with E-state index in [0.29, 0.717) is 18.0 Å². The first-order valence-electron chi connectivity index (χ1n) is 9.71. The molecule has 1 spiro atoms. The zero-order valence-corrected chi connectivity index (χ0v) is 17.4. The van der Waals surface area contributed by atoms with Crippen LogP contribution < -0.4 is 0 Å². The summed E-state index contributed by atoms with van der Waals surface area (Å²) in [6.07, 6.45) is 5.97. The average molecular weight is 406 g/mol. The van der Waals surface area contributed by atoms with Crippen molar-refractivity contribution in [3.63, 3.8) is 0 Å². The molecule has 2 saturated heterocycles. The fourth-order valence-corrected chi connectivity index (χ4v) is 6.66. The van der Waals surface area contributed by atoms with Crippen LogP contribution in [0.2, 0.25) is 0 Å². The minimum absolute atomic E-state index is 0.0892. The van der Waals surface area contributed by atoms with Crippen LogP contribution in [0.15, 0.2) is 40.7 Å². The van der Waals surface area contributed by atoms with Crippen LogP contribution in [0.25, 0.3) is 0 Å². The molecule has 2 aliphatic rings. The number of sulfonamides is 1.